The molecule has 0 aromatic heterocycles. The van der Waals surface area contributed by atoms with Crippen LogP contribution in [0.15, 0.2) is 36.4 Å². The standard InChI is InChI=1S/C19H21N/c1-2-20-13-12-18-17(10-5-11-19(18)20)16-9-4-7-14-6-3-8-15(14)16/h4-5,7,9-11H,2-3,6,8,12-13H2,1H3. The van der Waals surface area contributed by atoms with Crippen LogP contribution >= 0.6 is 0 Å². The highest BCUT2D eigenvalue weighted by Gasteiger charge is 2.23. The molecule has 0 fully saturated rings. The predicted octanol–water partition coefficient (Wildman–Crippen LogP) is 4.22. The maximum Gasteiger partial charge on any atom is 0.0405 e. The monoisotopic (exact) mass is 263 g/mol. The van der Waals surface area contributed by atoms with Crippen molar-refractivity contribution >= 4 is 5.69 Å². The van der Waals surface area contributed by atoms with Crippen molar-refractivity contribution < 1.29 is 0 Å². The summed E-state index contributed by atoms with van der Waals surface area (Å²) in [6.45, 7) is 4.54. The zero-order valence-electron chi connectivity index (χ0n) is 12.2. The van der Waals surface area contributed by atoms with Crippen LogP contribution in [0, 0.1) is 0 Å². The number of anilines is 1. The first-order valence-electron chi connectivity index (χ1n) is 7.86. The SMILES string of the molecule is CCN1CCc2c(-c3cccc4c3CCC4)cccc21. The van der Waals surface area contributed by atoms with Gasteiger partial charge < -0.3 is 4.90 Å². The zero-order chi connectivity index (χ0) is 13.5. The Morgan fingerprint density at radius 2 is 1.70 bits per heavy atom. The normalized spacial score (nSPS) is 16.4. The van der Waals surface area contributed by atoms with E-state index in [1.807, 2.05) is 0 Å². The molecule has 0 saturated carbocycles. The van der Waals surface area contributed by atoms with Crippen molar-refractivity contribution in [2.75, 3.05) is 18.0 Å². The number of aryl methyl sites for hydroxylation is 1. The van der Waals surface area contributed by atoms with Crippen molar-refractivity contribution in [1.82, 2.24) is 0 Å². The average Bonchev–Trinajstić information content (AvgIpc) is 3.12. The summed E-state index contributed by atoms with van der Waals surface area (Å²) in [5.41, 5.74) is 9.18. The van der Waals surface area contributed by atoms with Crippen LogP contribution in [-0.4, -0.2) is 13.1 Å². The number of fused-ring (bicyclic) bond motifs is 2. The maximum absolute atomic E-state index is 2.50. The van der Waals surface area contributed by atoms with Crippen LogP contribution in [0.25, 0.3) is 11.1 Å². The fourth-order valence-corrected chi connectivity index (χ4v) is 3.95. The van der Waals surface area contributed by atoms with E-state index in [4.69, 9.17) is 0 Å². The largest absolute Gasteiger partial charge is 0.371 e. The van der Waals surface area contributed by atoms with Gasteiger partial charge in [-0.3, -0.25) is 0 Å². The third-order valence-corrected chi connectivity index (χ3v) is 4.94. The lowest BCUT2D eigenvalue weighted by atomic mass is 9.92. The van der Waals surface area contributed by atoms with Crippen LogP contribution in [0.1, 0.15) is 30.0 Å². The molecule has 0 spiro atoms. The second-order valence-electron chi connectivity index (χ2n) is 5.93. The highest BCUT2D eigenvalue weighted by molar-refractivity contribution is 5.79. The van der Waals surface area contributed by atoms with E-state index in [1.54, 1.807) is 16.7 Å². The molecule has 1 heteroatoms. The number of hydrogen-bond donors (Lipinski definition) is 0. The molecule has 0 atom stereocenters. The molecule has 0 bridgehead atoms. The first kappa shape index (κ1) is 12.0. The summed E-state index contributed by atoms with van der Waals surface area (Å²) in [6, 6.07) is 13.7. The Kier molecular flexibility index (Phi) is 2.80. The summed E-state index contributed by atoms with van der Waals surface area (Å²) in [5.74, 6) is 0. The average molecular weight is 263 g/mol. The molecule has 1 aliphatic carbocycles. The molecule has 1 aliphatic heterocycles. The molecule has 0 N–H and O–H groups in total. The van der Waals surface area contributed by atoms with E-state index in [-0.39, 0.29) is 0 Å². The van der Waals surface area contributed by atoms with Gasteiger partial charge in [0.05, 0.1) is 0 Å². The van der Waals surface area contributed by atoms with Crippen molar-refractivity contribution in [2.24, 2.45) is 0 Å². The number of nitrogens with zero attached hydrogens (tertiary/aromatic N) is 1. The van der Waals surface area contributed by atoms with Crippen molar-refractivity contribution in [2.45, 2.75) is 32.6 Å². The Balaban J connectivity index is 1.89. The summed E-state index contributed by atoms with van der Waals surface area (Å²) < 4.78 is 0. The highest BCUT2D eigenvalue weighted by atomic mass is 15.1. The lowest BCUT2D eigenvalue weighted by Crippen LogP contribution is -2.18. The molecule has 0 saturated heterocycles. The second-order valence-corrected chi connectivity index (χ2v) is 5.93. The Morgan fingerprint density at radius 1 is 0.900 bits per heavy atom. The van der Waals surface area contributed by atoms with Gasteiger partial charge in [-0.2, -0.15) is 0 Å². The Bertz CT molecular complexity index is 657. The van der Waals surface area contributed by atoms with E-state index >= 15 is 0 Å². The minimum atomic E-state index is 1.11. The van der Waals surface area contributed by atoms with E-state index in [9.17, 15) is 0 Å². The van der Waals surface area contributed by atoms with Gasteiger partial charge in [-0.25, -0.2) is 0 Å². The van der Waals surface area contributed by atoms with Crippen molar-refractivity contribution in [1.29, 1.82) is 0 Å². The molecule has 20 heavy (non-hydrogen) atoms. The van der Waals surface area contributed by atoms with Crippen LogP contribution in [0.5, 0.6) is 0 Å². The van der Waals surface area contributed by atoms with E-state index in [0.29, 0.717) is 0 Å². The van der Waals surface area contributed by atoms with Crippen molar-refractivity contribution in [3.63, 3.8) is 0 Å². The number of likely N-dealkylation sites (N-methyl/N-ethyl adjacent to an activating group) is 1. The molecule has 2 aliphatic rings. The molecule has 2 aromatic rings. The fraction of sp³-hybridized carbons (Fsp3) is 0.368. The van der Waals surface area contributed by atoms with Gasteiger partial charge in [0, 0.05) is 18.8 Å². The first-order valence-corrected chi connectivity index (χ1v) is 7.86. The van der Waals surface area contributed by atoms with Gasteiger partial charge in [0.25, 0.3) is 0 Å². The smallest absolute Gasteiger partial charge is 0.0405 e. The molecule has 4 rings (SSSR count). The molecular weight excluding hydrogens is 242 g/mol. The molecule has 102 valence electrons. The summed E-state index contributed by atoms with van der Waals surface area (Å²) in [5, 5.41) is 0. The third kappa shape index (κ3) is 1.69. The van der Waals surface area contributed by atoms with Gasteiger partial charge >= 0.3 is 0 Å². The van der Waals surface area contributed by atoms with Gasteiger partial charge in [-0.1, -0.05) is 30.3 Å². The molecule has 0 unspecified atom stereocenters. The first-order chi connectivity index (χ1) is 9.88. The van der Waals surface area contributed by atoms with Crippen LogP contribution in [0.2, 0.25) is 0 Å². The topological polar surface area (TPSA) is 3.24 Å². The Hall–Kier alpha value is -1.76. The fourth-order valence-electron chi connectivity index (χ4n) is 3.95. The van der Waals surface area contributed by atoms with E-state index in [0.717, 1.165) is 6.54 Å². The van der Waals surface area contributed by atoms with Crippen LogP contribution < -0.4 is 4.90 Å². The van der Waals surface area contributed by atoms with Crippen LogP contribution in [0.4, 0.5) is 5.69 Å². The van der Waals surface area contributed by atoms with E-state index in [1.165, 1.54) is 49.0 Å². The quantitative estimate of drug-likeness (QED) is 0.784. The van der Waals surface area contributed by atoms with Crippen molar-refractivity contribution in [3.8, 4) is 11.1 Å². The number of benzene rings is 2. The van der Waals surface area contributed by atoms with Gasteiger partial charge in [0.1, 0.15) is 0 Å². The van der Waals surface area contributed by atoms with E-state index < -0.39 is 0 Å². The number of rotatable bonds is 2. The highest BCUT2D eigenvalue weighted by Crippen LogP contribution is 2.39. The zero-order valence-corrected chi connectivity index (χ0v) is 12.2. The number of hydrogen-bond acceptors (Lipinski definition) is 1. The van der Waals surface area contributed by atoms with Gasteiger partial charge in [0.2, 0.25) is 0 Å². The third-order valence-electron chi connectivity index (χ3n) is 4.94. The summed E-state index contributed by atoms with van der Waals surface area (Å²) in [4.78, 5) is 2.50. The summed E-state index contributed by atoms with van der Waals surface area (Å²) in [6.07, 6.45) is 5.04. The molecule has 0 radical (unpaired) electrons. The second kappa shape index (κ2) is 4.66. The van der Waals surface area contributed by atoms with Gasteiger partial charge in [-0.05, 0) is 66.5 Å². The summed E-state index contributed by atoms with van der Waals surface area (Å²) >= 11 is 0. The Morgan fingerprint density at radius 3 is 2.55 bits per heavy atom. The van der Waals surface area contributed by atoms with Crippen LogP contribution in [0.3, 0.4) is 0 Å². The molecule has 0 amide bonds. The van der Waals surface area contributed by atoms with E-state index in [2.05, 4.69) is 48.2 Å². The van der Waals surface area contributed by atoms with Gasteiger partial charge in [0.15, 0.2) is 0 Å². The minimum Gasteiger partial charge on any atom is -0.371 e. The molecule has 1 nitrogen and oxygen atoms in total. The van der Waals surface area contributed by atoms with Gasteiger partial charge in [-0.15, -0.1) is 0 Å². The molecular formula is C19H21N. The Labute approximate surface area is 121 Å². The molecule has 2 aromatic carbocycles. The molecule has 1 heterocycles. The van der Waals surface area contributed by atoms with Crippen molar-refractivity contribution in [3.05, 3.63) is 53.1 Å². The lowest BCUT2D eigenvalue weighted by Gasteiger charge is -2.18. The van der Waals surface area contributed by atoms with Crippen LogP contribution in [-0.2, 0) is 19.3 Å². The predicted molar refractivity (Wildman–Crippen MR) is 85.5 cm³/mol. The minimum absolute atomic E-state index is 1.11. The summed E-state index contributed by atoms with van der Waals surface area (Å²) in [7, 11) is 0. The maximum atomic E-state index is 2.50. The lowest BCUT2D eigenvalue weighted by molar-refractivity contribution is 0.868.